The van der Waals surface area contributed by atoms with E-state index in [2.05, 4.69) is 10.6 Å². The molecule has 0 spiro atoms. The quantitative estimate of drug-likeness (QED) is 0.790. The van der Waals surface area contributed by atoms with Crippen LogP contribution in [-0.4, -0.2) is 22.6 Å². The molecule has 1 fully saturated rings. The fraction of sp³-hybridized carbons (Fsp3) is 0.571. The Labute approximate surface area is 132 Å². The number of carbonyl (C=O) groups excluding carboxylic acids is 1. The second-order valence-electron chi connectivity index (χ2n) is 5.41. The molecule has 7 heteroatoms. The average molecular weight is 331 g/mol. The minimum atomic E-state index is -1.13. The number of carboxylic acid groups (broad SMARTS) is 1. The van der Waals surface area contributed by atoms with Gasteiger partial charge in [0.25, 0.3) is 0 Å². The van der Waals surface area contributed by atoms with Crippen molar-refractivity contribution in [1.82, 2.24) is 10.6 Å². The van der Waals surface area contributed by atoms with E-state index in [0.717, 1.165) is 24.1 Å². The topological polar surface area (TPSA) is 78.4 Å². The van der Waals surface area contributed by atoms with Crippen molar-refractivity contribution in [1.29, 1.82) is 0 Å². The normalized spacial score (nSPS) is 18.8. The van der Waals surface area contributed by atoms with E-state index in [4.69, 9.17) is 11.6 Å². The van der Waals surface area contributed by atoms with Gasteiger partial charge in [-0.3, -0.25) is 0 Å². The van der Waals surface area contributed by atoms with Gasteiger partial charge in [-0.1, -0.05) is 30.9 Å². The summed E-state index contributed by atoms with van der Waals surface area (Å²) in [6, 6.07) is 2.97. The Morgan fingerprint density at radius 2 is 2.00 bits per heavy atom. The molecule has 0 saturated heterocycles. The number of carboxylic acids is 1. The van der Waals surface area contributed by atoms with Gasteiger partial charge in [-0.2, -0.15) is 0 Å². The standard InChI is InChI=1S/C14H19ClN2O3S/c1-9(10-5-6-11(15)21-10)16-13(20)17-14(12(18)19)7-3-2-4-8-14/h5-6,9H,2-4,7-8H2,1H3,(H,18,19)(H2,16,17,20). The molecular weight excluding hydrogens is 312 g/mol. The Hall–Kier alpha value is -1.27. The van der Waals surface area contributed by atoms with E-state index in [1.807, 2.05) is 13.0 Å². The minimum Gasteiger partial charge on any atom is -0.480 e. The van der Waals surface area contributed by atoms with E-state index in [1.165, 1.54) is 11.3 Å². The number of hydrogen-bond donors (Lipinski definition) is 3. The summed E-state index contributed by atoms with van der Waals surface area (Å²) in [6.07, 6.45) is 3.62. The molecule has 1 heterocycles. The molecule has 0 aromatic carbocycles. The van der Waals surface area contributed by atoms with Gasteiger partial charge in [0.2, 0.25) is 0 Å². The first kappa shape index (κ1) is 16.1. The van der Waals surface area contributed by atoms with Gasteiger partial charge in [0.05, 0.1) is 10.4 Å². The lowest BCUT2D eigenvalue weighted by molar-refractivity contribution is -0.145. The maximum atomic E-state index is 12.1. The number of thiophene rings is 1. The predicted molar refractivity (Wildman–Crippen MR) is 82.9 cm³/mol. The minimum absolute atomic E-state index is 0.211. The molecule has 2 amide bonds. The van der Waals surface area contributed by atoms with E-state index >= 15 is 0 Å². The molecule has 0 radical (unpaired) electrons. The highest BCUT2D eigenvalue weighted by molar-refractivity contribution is 7.16. The first-order valence-electron chi connectivity index (χ1n) is 7.00. The summed E-state index contributed by atoms with van der Waals surface area (Å²) < 4.78 is 0.661. The Balaban J connectivity index is 1.98. The Morgan fingerprint density at radius 3 is 2.52 bits per heavy atom. The van der Waals surface area contributed by atoms with E-state index in [9.17, 15) is 14.7 Å². The zero-order chi connectivity index (χ0) is 15.5. The zero-order valence-electron chi connectivity index (χ0n) is 11.8. The van der Waals surface area contributed by atoms with Crippen LogP contribution in [0.1, 0.15) is 49.9 Å². The summed E-state index contributed by atoms with van der Waals surface area (Å²) in [7, 11) is 0. The molecule has 1 unspecified atom stereocenters. The number of rotatable bonds is 4. The van der Waals surface area contributed by atoms with E-state index in [1.54, 1.807) is 6.07 Å². The van der Waals surface area contributed by atoms with Crippen molar-refractivity contribution in [2.75, 3.05) is 0 Å². The van der Waals surface area contributed by atoms with Gasteiger partial charge in [0.1, 0.15) is 5.54 Å². The van der Waals surface area contributed by atoms with Crippen molar-refractivity contribution in [2.24, 2.45) is 0 Å². The lowest BCUT2D eigenvalue weighted by atomic mass is 9.82. The number of urea groups is 1. The van der Waals surface area contributed by atoms with Crippen molar-refractivity contribution in [2.45, 2.75) is 50.6 Å². The van der Waals surface area contributed by atoms with Crippen LogP contribution in [0, 0.1) is 0 Å². The molecule has 1 aromatic rings. The van der Waals surface area contributed by atoms with Crippen LogP contribution in [0.25, 0.3) is 0 Å². The van der Waals surface area contributed by atoms with Crippen molar-refractivity contribution < 1.29 is 14.7 Å². The van der Waals surface area contributed by atoms with Crippen LogP contribution in [-0.2, 0) is 4.79 Å². The lowest BCUT2D eigenvalue weighted by Gasteiger charge is -2.34. The number of halogens is 1. The summed E-state index contributed by atoms with van der Waals surface area (Å²) in [5, 5.41) is 14.9. The highest BCUT2D eigenvalue weighted by Gasteiger charge is 2.41. The molecule has 1 aliphatic rings. The third-order valence-electron chi connectivity index (χ3n) is 3.84. The van der Waals surface area contributed by atoms with Crippen molar-refractivity contribution in [3.63, 3.8) is 0 Å². The smallest absolute Gasteiger partial charge is 0.329 e. The van der Waals surface area contributed by atoms with Crippen LogP contribution in [0.3, 0.4) is 0 Å². The highest BCUT2D eigenvalue weighted by atomic mass is 35.5. The number of carbonyl (C=O) groups is 2. The van der Waals surface area contributed by atoms with Crippen molar-refractivity contribution in [3.05, 3.63) is 21.3 Å². The summed E-state index contributed by atoms with van der Waals surface area (Å²) in [4.78, 5) is 24.5. The maximum Gasteiger partial charge on any atom is 0.329 e. The van der Waals surface area contributed by atoms with E-state index < -0.39 is 17.5 Å². The van der Waals surface area contributed by atoms with Gasteiger partial charge in [0.15, 0.2) is 0 Å². The van der Waals surface area contributed by atoms with E-state index in [0.29, 0.717) is 17.2 Å². The summed E-state index contributed by atoms with van der Waals surface area (Å²) in [5.74, 6) is -0.954. The fourth-order valence-electron chi connectivity index (χ4n) is 2.63. The van der Waals surface area contributed by atoms with Crippen LogP contribution in [0.5, 0.6) is 0 Å². The number of amides is 2. The van der Waals surface area contributed by atoms with Gasteiger partial charge < -0.3 is 15.7 Å². The first-order chi connectivity index (χ1) is 9.93. The van der Waals surface area contributed by atoms with Crippen LogP contribution >= 0.6 is 22.9 Å². The van der Waals surface area contributed by atoms with E-state index in [-0.39, 0.29) is 6.04 Å². The van der Waals surface area contributed by atoms with Crippen LogP contribution in [0.2, 0.25) is 4.34 Å². The Kier molecular flexibility index (Phi) is 5.11. The Bertz CT molecular complexity index is 526. The largest absolute Gasteiger partial charge is 0.480 e. The molecule has 21 heavy (non-hydrogen) atoms. The van der Waals surface area contributed by atoms with Crippen LogP contribution in [0.15, 0.2) is 12.1 Å². The molecule has 0 bridgehead atoms. The van der Waals surface area contributed by atoms with Crippen molar-refractivity contribution in [3.8, 4) is 0 Å². The molecule has 1 atom stereocenters. The summed E-state index contributed by atoms with van der Waals surface area (Å²) in [5.41, 5.74) is -1.13. The molecule has 116 valence electrons. The van der Waals surface area contributed by atoms with Gasteiger partial charge in [0, 0.05) is 4.88 Å². The summed E-state index contributed by atoms with van der Waals surface area (Å²) >= 11 is 7.27. The average Bonchev–Trinajstić information content (AvgIpc) is 2.86. The Morgan fingerprint density at radius 1 is 1.33 bits per heavy atom. The van der Waals surface area contributed by atoms with Crippen LogP contribution in [0.4, 0.5) is 4.79 Å². The highest BCUT2D eigenvalue weighted by Crippen LogP contribution is 2.29. The predicted octanol–water partition coefficient (Wildman–Crippen LogP) is 3.55. The van der Waals surface area contributed by atoms with Crippen molar-refractivity contribution >= 4 is 34.9 Å². The third kappa shape index (κ3) is 3.89. The SMILES string of the molecule is CC(NC(=O)NC1(C(=O)O)CCCCC1)c1ccc(Cl)s1. The fourth-order valence-corrected chi connectivity index (χ4v) is 3.69. The maximum absolute atomic E-state index is 12.1. The number of aliphatic carboxylic acids is 1. The molecule has 1 saturated carbocycles. The molecule has 5 nitrogen and oxygen atoms in total. The molecule has 2 rings (SSSR count). The second kappa shape index (κ2) is 6.66. The van der Waals surface area contributed by atoms with Gasteiger partial charge in [-0.15, -0.1) is 11.3 Å². The molecule has 1 aliphatic carbocycles. The van der Waals surface area contributed by atoms with Gasteiger partial charge in [-0.25, -0.2) is 9.59 Å². The second-order valence-corrected chi connectivity index (χ2v) is 7.16. The molecule has 1 aromatic heterocycles. The van der Waals surface area contributed by atoms with Crippen LogP contribution < -0.4 is 10.6 Å². The monoisotopic (exact) mass is 330 g/mol. The molecular formula is C14H19ClN2O3S. The van der Waals surface area contributed by atoms with Gasteiger partial charge >= 0.3 is 12.0 Å². The summed E-state index contributed by atoms with van der Waals surface area (Å²) in [6.45, 7) is 1.84. The molecule has 0 aliphatic heterocycles. The lowest BCUT2D eigenvalue weighted by Crippen LogP contribution is -2.58. The van der Waals surface area contributed by atoms with Gasteiger partial charge in [-0.05, 0) is 31.9 Å². The molecule has 3 N–H and O–H groups in total. The third-order valence-corrected chi connectivity index (χ3v) is 5.25. The number of nitrogens with one attached hydrogen (secondary N) is 2. The first-order valence-corrected chi connectivity index (χ1v) is 8.20. The zero-order valence-corrected chi connectivity index (χ0v) is 13.4. The number of hydrogen-bond acceptors (Lipinski definition) is 3.